The second kappa shape index (κ2) is 7.79. The van der Waals surface area contributed by atoms with Crippen molar-refractivity contribution in [3.8, 4) is 5.75 Å². The first kappa shape index (κ1) is 15.5. The topological polar surface area (TPSA) is 49.8 Å². The molecule has 4 nitrogen and oxygen atoms in total. The van der Waals surface area contributed by atoms with Gasteiger partial charge in [-0.2, -0.15) is 0 Å². The monoisotopic (exact) mass is 265 g/mol. The highest BCUT2D eigenvalue weighted by Crippen LogP contribution is 2.15. The molecular formula is C15H23NO3. The second-order valence-electron chi connectivity index (χ2n) is 4.89. The van der Waals surface area contributed by atoms with Crippen LogP contribution < -0.4 is 4.74 Å². The van der Waals surface area contributed by atoms with Gasteiger partial charge < -0.3 is 9.84 Å². The third kappa shape index (κ3) is 5.75. The molecule has 0 unspecified atom stereocenters. The summed E-state index contributed by atoms with van der Waals surface area (Å²) in [6.45, 7) is 8.26. The molecule has 0 radical (unpaired) electrons. The summed E-state index contributed by atoms with van der Waals surface area (Å²) in [5.41, 5.74) is 1.21. The van der Waals surface area contributed by atoms with Gasteiger partial charge in [0.15, 0.2) is 6.61 Å². The van der Waals surface area contributed by atoms with Crippen LogP contribution in [0.2, 0.25) is 0 Å². The summed E-state index contributed by atoms with van der Waals surface area (Å²) in [7, 11) is 0. The smallest absolute Gasteiger partial charge is 0.341 e. The Kier molecular flexibility index (Phi) is 6.36. The van der Waals surface area contributed by atoms with Crippen molar-refractivity contribution in [2.45, 2.75) is 39.8 Å². The molecule has 0 bridgehead atoms. The van der Waals surface area contributed by atoms with E-state index in [9.17, 15) is 4.79 Å². The van der Waals surface area contributed by atoms with Crippen molar-refractivity contribution in [3.05, 3.63) is 29.8 Å². The molecule has 0 spiro atoms. The highest BCUT2D eigenvalue weighted by Gasteiger charge is 2.09. The zero-order valence-electron chi connectivity index (χ0n) is 11.9. The normalized spacial score (nSPS) is 11.0. The average Bonchev–Trinajstić information content (AvgIpc) is 2.37. The SMILES string of the molecule is CCCN(Cc1ccc(OCC(=O)O)cc1)C(C)C. The van der Waals surface area contributed by atoms with Gasteiger partial charge in [0, 0.05) is 12.6 Å². The minimum Gasteiger partial charge on any atom is -0.482 e. The molecule has 1 aromatic rings. The van der Waals surface area contributed by atoms with E-state index in [4.69, 9.17) is 9.84 Å². The van der Waals surface area contributed by atoms with Gasteiger partial charge in [0.05, 0.1) is 0 Å². The molecule has 0 saturated heterocycles. The van der Waals surface area contributed by atoms with E-state index >= 15 is 0 Å². The van der Waals surface area contributed by atoms with Crippen molar-refractivity contribution in [3.63, 3.8) is 0 Å². The van der Waals surface area contributed by atoms with Crippen molar-refractivity contribution >= 4 is 5.97 Å². The molecule has 106 valence electrons. The van der Waals surface area contributed by atoms with Gasteiger partial charge in [-0.1, -0.05) is 19.1 Å². The molecule has 19 heavy (non-hydrogen) atoms. The lowest BCUT2D eigenvalue weighted by Crippen LogP contribution is -2.30. The minimum atomic E-state index is -0.960. The van der Waals surface area contributed by atoms with Gasteiger partial charge in [0.25, 0.3) is 0 Å². The zero-order valence-corrected chi connectivity index (χ0v) is 11.9. The molecule has 0 aromatic heterocycles. The summed E-state index contributed by atoms with van der Waals surface area (Å²) in [6.07, 6.45) is 1.14. The Morgan fingerprint density at radius 2 is 1.95 bits per heavy atom. The number of aliphatic carboxylic acids is 1. The van der Waals surface area contributed by atoms with Crippen LogP contribution in [0.3, 0.4) is 0 Å². The van der Waals surface area contributed by atoms with Crippen molar-refractivity contribution in [1.29, 1.82) is 0 Å². The van der Waals surface area contributed by atoms with Gasteiger partial charge in [-0.15, -0.1) is 0 Å². The Hall–Kier alpha value is -1.55. The van der Waals surface area contributed by atoms with Crippen molar-refractivity contribution in [1.82, 2.24) is 4.90 Å². The number of hydrogen-bond donors (Lipinski definition) is 1. The summed E-state index contributed by atoms with van der Waals surface area (Å²) in [4.78, 5) is 12.8. The molecule has 0 heterocycles. The Labute approximate surface area is 115 Å². The van der Waals surface area contributed by atoms with Crippen molar-refractivity contribution in [2.24, 2.45) is 0 Å². The molecule has 0 fully saturated rings. The lowest BCUT2D eigenvalue weighted by molar-refractivity contribution is -0.139. The lowest BCUT2D eigenvalue weighted by atomic mass is 10.1. The Morgan fingerprint density at radius 1 is 1.32 bits per heavy atom. The van der Waals surface area contributed by atoms with Gasteiger partial charge >= 0.3 is 5.97 Å². The van der Waals surface area contributed by atoms with Gasteiger partial charge in [-0.25, -0.2) is 4.79 Å². The number of ether oxygens (including phenoxy) is 1. The van der Waals surface area contributed by atoms with Crippen LogP contribution in [0.5, 0.6) is 5.75 Å². The second-order valence-corrected chi connectivity index (χ2v) is 4.89. The van der Waals surface area contributed by atoms with Crippen molar-refractivity contribution < 1.29 is 14.6 Å². The molecule has 1 aromatic carbocycles. The van der Waals surface area contributed by atoms with Crippen LogP contribution in [-0.4, -0.2) is 35.2 Å². The summed E-state index contributed by atoms with van der Waals surface area (Å²) >= 11 is 0. The molecule has 0 aliphatic heterocycles. The van der Waals surface area contributed by atoms with Crippen LogP contribution in [0, 0.1) is 0 Å². The van der Waals surface area contributed by atoms with E-state index in [-0.39, 0.29) is 6.61 Å². The third-order valence-electron chi connectivity index (χ3n) is 2.91. The van der Waals surface area contributed by atoms with E-state index in [2.05, 4.69) is 25.7 Å². The van der Waals surface area contributed by atoms with Crippen LogP contribution in [0.1, 0.15) is 32.8 Å². The maximum atomic E-state index is 10.4. The van der Waals surface area contributed by atoms with Crippen molar-refractivity contribution in [2.75, 3.05) is 13.2 Å². The summed E-state index contributed by atoms with van der Waals surface area (Å²) in [5, 5.41) is 8.54. The summed E-state index contributed by atoms with van der Waals surface area (Å²) < 4.78 is 5.11. The van der Waals surface area contributed by atoms with E-state index in [1.807, 2.05) is 24.3 Å². The van der Waals surface area contributed by atoms with Crippen LogP contribution in [0.15, 0.2) is 24.3 Å². The molecule has 0 aliphatic rings. The predicted molar refractivity (Wildman–Crippen MR) is 75.4 cm³/mol. The van der Waals surface area contributed by atoms with Crippen LogP contribution in [0.25, 0.3) is 0 Å². The Balaban J connectivity index is 2.57. The first-order valence-electron chi connectivity index (χ1n) is 6.70. The maximum Gasteiger partial charge on any atom is 0.341 e. The molecule has 1 rings (SSSR count). The molecule has 1 N–H and O–H groups in total. The summed E-state index contributed by atoms with van der Waals surface area (Å²) in [5.74, 6) is -0.365. The van der Waals surface area contributed by atoms with Gasteiger partial charge in [-0.3, -0.25) is 4.90 Å². The van der Waals surface area contributed by atoms with E-state index < -0.39 is 5.97 Å². The van der Waals surface area contributed by atoms with Crippen LogP contribution in [-0.2, 0) is 11.3 Å². The molecule has 0 aliphatic carbocycles. The number of benzene rings is 1. The maximum absolute atomic E-state index is 10.4. The number of carboxylic acid groups (broad SMARTS) is 1. The lowest BCUT2D eigenvalue weighted by Gasteiger charge is -2.26. The van der Waals surface area contributed by atoms with E-state index in [1.165, 1.54) is 5.56 Å². The number of carbonyl (C=O) groups is 1. The molecule has 0 saturated carbocycles. The number of nitrogens with zero attached hydrogens (tertiary/aromatic N) is 1. The number of rotatable bonds is 8. The highest BCUT2D eigenvalue weighted by molar-refractivity contribution is 5.68. The first-order valence-corrected chi connectivity index (χ1v) is 6.70. The predicted octanol–water partition coefficient (Wildman–Crippen LogP) is 2.77. The fourth-order valence-corrected chi connectivity index (χ4v) is 1.88. The van der Waals surface area contributed by atoms with Gasteiger partial charge in [-0.05, 0) is 44.5 Å². The fraction of sp³-hybridized carbons (Fsp3) is 0.533. The fourth-order valence-electron chi connectivity index (χ4n) is 1.88. The van der Waals surface area contributed by atoms with Crippen LogP contribution >= 0.6 is 0 Å². The summed E-state index contributed by atoms with van der Waals surface area (Å²) in [6, 6.07) is 8.14. The molecule has 0 atom stereocenters. The molecule has 0 amide bonds. The van der Waals surface area contributed by atoms with Crippen LogP contribution in [0.4, 0.5) is 0 Å². The standard InChI is InChI=1S/C15H23NO3/c1-4-9-16(12(2)3)10-13-5-7-14(8-6-13)19-11-15(17)18/h5-8,12H,4,9-11H2,1-3H3,(H,17,18). The quantitative estimate of drug-likeness (QED) is 0.785. The first-order chi connectivity index (χ1) is 9.02. The van der Waals surface area contributed by atoms with E-state index in [0.717, 1.165) is 19.5 Å². The largest absolute Gasteiger partial charge is 0.482 e. The number of carboxylic acids is 1. The highest BCUT2D eigenvalue weighted by atomic mass is 16.5. The Morgan fingerprint density at radius 3 is 2.42 bits per heavy atom. The van der Waals surface area contributed by atoms with E-state index in [1.54, 1.807) is 0 Å². The third-order valence-corrected chi connectivity index (χ3v) is 2.91. The molecule has 4 heteroatoms. The Bertz CT molecular complexity index is 387. The van der Waals surface area contributed by atoms with Gasteiger partial charge in [0.1, 0.15) is 5.75 Å². The number of hydrogen-bond acceptors (Lipinski definition) is 3. The zero-order chi connectivity index (χ0) is 14.3. The average molecular weight is 265 g/mol. The van der Waals surface area contributed by atoms with E-state index in [0.29, 0.717) is 11.8 Å². The molecular weight excluding hydrogens is 242 g/mol. The minimum absolute atomic E-state index is 0.298. The van der Waals surface area contributed by atoms with Gasteiger partial charge in [0.2, 0.25) is 0 Å².